The summed E-state index contributed by atoms with van der Waals surface area (Å²) in [6.07, 6.45) is 0. The summed E-state index contributed by atoms with van der Waals surface area (Å²) in [6, 6.07) is 3.65. The largest absolute Gasteiger partial charge is 0.358 e. The number of carbonyl (C=O) groups excluding carboxylic acids is 1. The Bertz CT molecular complexity index is 938. The maximum absolute atomic E-state index is 12.6. The van der Waals surface area contributed by atoms with E-state index in [1.165, 1.54) is 23.1 Å². The molecule has 1 N–H and O–H groups in total. The van der Waals surface area contributed by atoms with E-state index in [9.17, 15) is 9.59 Å². The van der Waals surface area contributed by atoms with Crippen LogP contribution < -0.4 is 10.9 Å². The van der Waals surface area contributed by atoms with Crippen LogP contribution in [0.3, 0.4) is 0 Å². The number of rotatable bonds is 3. The van der Waals surface area contributed by atoms with Crippen molar-refractivity contribution in [2.75, 3.05) is 7.05 Å². The molecule has 3 rings (SSSR count). The molecule has 0 radical (unpaired) electrons. The van der Waals surface area contributed by atoms with Crippen LogP contribution in [0.1, 0.15) is 25.6 Å². The normalized spacial score (nSPS) is 11.7. The number of hydrogen-bond acceptors (Lipinski definition) is 4. The molecule has 0 unspecified atom stereocenters. The number of fused-ring (bicyclic) bond motifs is 3. The summed E-state index contributed by atoms with van der Waals surface area (Å²) in [7, 11) is 1.53. The van der Waals surface area contributed by atoms with Crippen molar-refractivity contribution in [3.63, 3.8) is 0 Å². The van der Waals surface area contributed by atoms with Gasteiger partial charge in [-0.3, -0.25) is 14.0 Å². The molecule has 0 aromatic carbocycles. The van der Waals surface area contributed by atoms with Gasteiger partial charge in [0.1, 0.15) is 17.9 Å². The van der Waals surface area contributed by atoms with E-state index in [4.69, 9.17) is 11.6 Å². The van der Waals surface area contributed by atoms with Gasteiger partial charge in [0.25, 0.3) is 5.56 Å². The van der Waals surface area contributed by atoms with Gasteiger partial charge in [0, 0.05) is 13.0 Å². The molecule has 3 aromatic heterocycles. The zero-order valence-electron chi connectivity index (χ0n) is 12.4. The van der Waals surface area contributed by atoms with Crippen molar-refractivity contribution in [3.8, 4) is 0 Å². The minimum absolute atomic E-state index is 0.0910. The van der Waals surface area contributed by atoms with Gasteiger partial charge in [-0.05, 0) is 12.1 Å². The number of hydrogen-bond donors (Lipinski definition) is 1. The third kappa shape index (κ3) is 2.30. The standard InChI is InChI=1S/C14H15ClN4O2S/c1-7(2)13-17-18(6-12(20)16-3)14(21)9-4-10-8(19(9)13)5-11(15)22-10/h4-5,7H,6H2,1-3H3,(H,16,20). The molecule has 0 atom stereocenters. The fourth-order valence-corrected chi connectivity index (χ4v) is 3.57. The van der Waals surface area contributed by atoms with Gasteiger partial charge in [0.15, 0.2) is 0 Å². The minimum Gasteiger partial charge on any atom is -0.358 e. The maximum atomic E-state index is 12.6. The Morgan fingerprint density at radius 3 is 2.77 bits per heavy atom. The summed E-state index contributed by atoms with van der Waals surface area (Å²) in [4.78, 5) is 24.2. The maximum Gasteiger partial charge on any atom is 0.291 e. The molecule has 3 heterocycles. The highest BCUT2D eigenvalue weighted by molar-refractivity contribution is 7.22. The molecule has 1 amide bonds. The van der Waals surface area contributed by atoms with Crippen LogP contribution in [0, 0.1) is 0 Å². The number of aromatic nitrogens is 3. The number of carbonyl (C=O) groups is 1. The van der Waals surface area contributed by atoms with Crippen LogP contribution in [0.5, 0.6) is 0 Å². The first-order valence-electron chi connectivity index (χ1n) is 6.84. The Labute approximate surface area is 135 Å². The molecule has 116 valence electrons. The summed E-state index contributed by atoms with van der Waals surface area (Å²) in [5.74, 6) is 0.557. The first-order valence-corrected chi connectivity index (χ1v) is 8.04. The van der Waals surface area contributed by atoms with Crippen LogP contribution >= 0.6 is 22.9 Å². The van der Waals surface area contributed by atoms with E-state index in [1.807, 2.05) is 30.4 Å². The van der Waals surface area contributed by atoms with Crippen LogP contribution in [0.25, 0.3) is 15.7 Å². The summed E-state index contributed by atoms with van der Waals surface area (Å²) >= 11 is 7.48. The monoisotopic (exact) mass is 338 g/mol. The molecule has 3 aromatic rings. The van der Waals surface area contributed by atoms with Gasteiger partial charge >= 0.3 is 0 Å². The molecule has 0 aliphatic heterocycles. The van der Waals surface area contributed by atoms with E-state index in [2.05, 4.69) is 10.4 Å². The highest BCUT2D eigenvalue weighted by atomic mass is 35.5. The highest BCUT2D eigenvalue weighted by Crippen LogP contribution is 2.32. The van der Waals surface area contributed by atoms with E-state index in [0.717, 1.165) is 16.0 Å². The average Bonchev–Trinajstić information content (AvgIpc) is 2.97. The quantitative estimate of drug-likeness (QED) is 0.796. The Hall–Kier alpha value is -1.86. The lowest BCUT2D eigenvalue weighted by Crippen LogP contribution is -2.34. The van der Waals surface area contributed by atoms with Gasteiger partial charge in [-0.1, -0.05) is 25.4 Å². The summed E-state index contributed by atoms with van der Waals surface area (Å²) in [5, 5.41) is 6.89. The topological polar surface area (TPSA) is 68.4 Å². The fourth-order valence-electron chi connectivity index (χ4n) is 2.41. The van der Waals surface area contributed by atoms with Crippen LogP contribution in [-0.2, 0) is 11.3 Å². The molecule has 0 bridgehead atoms. The molecule has 6 nitrogen and oxygen atoms in total. The second kappa shape index (κ2) is 5.40. The van der Waals surface area contributed by atoms with Gasteiger partial charge in [-0.2, -0.15) is 5.10 Å². The van der Waals surface area contributed by atoms with Crippen molar-refractivity contribution < 1.29 is 4.79 Å². The summed E-state index contributed by atoms with van der Waals surface area (Å²) < 4.78 is 4.66. The predicted molar refractivity (Wildman–Crippen MR) is 88.0 cm³/mol. The van der Waals surface area contributed by atoms with Crippen molar-refractivity contribution in [2.45, 2.75) is 26.3 Å². The van der Waals surface area contributed by atoms with E-state index in [1.54, 1.807) is 0 Å². The molecule has 0 saturated carbocycles. The van der Waals surface area contributed by atoms with Crippen molar-refractivity contribution in [3.05, 3.63) is 32.6 Å². The molecule has 0 spiro atoms. The molecular formula is C14H15ClN4O2S. The van der Waals surface area contributed by atoms with E-state index in [0.29, 0.717) is 9.85 Å². The Kier molecular flexibility index (Phi) is 3.70. The van der Waals surface area contributed by atoms with Crippen molar-refractivity contribution in [2.24, 2.45) is 0 Å². The smallest absolute Gasteiger partial charge is 0.291 e. The molecule has 8 heteroatoms. The third-order valence-corrected chi connectivity index (χ3v) is 4.65. The van der Waals surface area contributed by atoms with Gasteiger partial charge < -0.3 is 5.32 Å². The number of nitrogens with zero attached hydrogens (tertiary/aromatic N) is 3. The summed E-state index contributed by atoms with van der Waals surface area (Å²) in [5.41, 5.74) is 1.11. The molecule has 0 aliphatic carbocycles. The SMILES string of the molecule is CNC(=O)Cn1nc(C(C)C)n2c(cc3sc(Cl)cc32)c1=O. The minimum atomic E-state index is -0.285. The molecule has 22 heavy (non-hydrogen) atoms. The first kappa shape index (κ1) is 15.1. The predicted octanol–water partition coefficient (Wildman–Crippen LogP) is 2.23. The van der Waals surface area contributed by atoms with Crippen molar-refractivity contribution in [1.29, 1.82) is 0 Å². The average molecular weight is 339 g/mol. The van der Waals surface area contributed by atoms with Gasteiger partial charge in [-0.15, -0.1) is 11.3 Å². The molecular weight excluding hydrogens is 324 g/mol. The van der Waals surface area contributed by atoms with Gasteiger partial charge in [0.2, 0.25) is 5.91 Å². The van der Waals surface area contributed by atoms with E-state index < -0.39 is 0 Å². The van der Waals surface area contributed by atoms with Crippen LogP contribution in [0.2, 0.25) is 4.34 Å². The fraction of sp³-hybridized carbons (Fsp3) is 0.357. The second-order valence-electron chi connectivity index (χ2n) is 5.31. The van der Waals surface area contributed by atoms with Crippen molar-refractivity contribution >= 4 is 44.6 Å². The summed E-state index contributed by atoms with van der Waals surface area (Å²) in [6.45, 7) is 3.90. The first-order chi connectivity index (χ1) is 10.4. The van der Waals surface area contributed by atoms with Crippen LogP contribution in [-0.4, -0.2) is 27.1 Å². The van der Waals surface area contributed by atoms with Crippen molar-refractivity contribution in [1.82, 2.24) is 19.5 Å². The van der Waals surface area contributed by atoms with Gasteiger partial charge in [-0.25, -0.2) is 4.68 Å². The number of thiophene rings is 1. The lowest BCUT2D eigenvalue weighted by atomic mass is 10.2. The molecule has 0 fully saturated rings. The number of halogens is 1. The zero-order valence-corrected chi connectivity index (χ0v) is 14.0. The Morgan fingerprint density at radius 1 is 1.41 bits per heavy atom. The van der Waals surface area contributed by atoms with Crippen LogP contribution in [0.15, 0.2) is 16.9 Å². The van der Waals surface area contributed by atoms with E-state index in [-0.39, 0.29) is 23.9 Å². The molecule has 0 saturated heterocycles. The van der Waals surface area contributed by atoms with E-state index >= 15 is 0 Å². The zero-order chi connectivity index (χ0) is 16.0. The Morgan fingerprint density at radius 2 is 2.14 bits per heavy atom. The number of nitrogens with one attached hydrogen (secondary N) is 1. The number of amides is 1. The molecule has 0 aliphatic rings. The second-order valence-corrected chi connectivity index (χ2v) is 7.03. The van der Waals surface area contributed by atoms with Gasteiger partial charge in [0.05, 0.1) is 14.6 Å². The Balaban J connectivity index is 2.36. The lowest BCUT2D eigenvalue weighted by Gasteiger charge is -2.12. The van der Waals surface area contributed by atoms with Crippen LogP contribution in [0.4, 0.5) is 0 Å². The lowest BCUT2D eigenvalue weighted by molar-refractivity contribution is -0.121. The highest BCUT2D eigenvalue weighted by Gasteiger charge is 2.18. The number of likely N-dealkylation sites (N-methyl/N-ethyl adjacent to an activating group) is 1. The third-order valence-electron chi connectivity index (χ3n) is 3.45.